The van der Waals surface area contributed by atoms with Crippen molar-refractivity contribution in [2.45, 2.75) is 6.92 Å². The molecule has 1 aromatic rings. The summed E-state index contributed by atoms with van der Waals surface area (Å²) in [5, 5.41) is 5.16. The Bertz CT molecular complexity index is 363. The van der Waals surface area contributed by atoms with Crippen molar-refractivity contribution < 1.29 is 4.39 Å². The molecule has 0 spiro atoms. The second-order valence-corrected chi connectivity index (χ2v) is 3.64. The van der Waals surface area contributed by atoms with Crippen LogP contribution in [-0.4, -0.2) is 10.9 Å². The highest BCUT2D eigenvalue weighted by Gasteiger charge is 2.09. The van der Waals surface area contributed by atoms with Crippen LogP contribution in [0, 0.1) is 12.7 Å². The normalized spacial score (nSPS) is 15.4. The van der Waals surface area contributed by atoms with Crippen LogP contribution in [0.25, 0.3) is 5.70 Å². The molecule has 1 aliphatic heterocycles. The van der Waals surface area contributed by atoms with Crippen LogP contribution in [0.2, 0.25) is 0 Å². The minimum Gasteiger partial charge on any atom is -0.374 e. The number of aromatic nitrogens is 1. The lowest BCUT2D eigenvalue weighted by Gasteiger charge is -2.03. The second kappa shape index (κ2) is 3.38. The second-order valence-electron chi connectivity index (χ2n) is 2.78. The van der Waals surface area contributed by atoms with Crippen LogP contribution < -0.4 is 5.32 Å². The van der Waals surface area contributed by atoms with E-state index in [4.69, 9.17) is 0 Å². The van der Waals surface area contributed by atoms with Crippen molar-refractivity contribution in [1.29, 1.82) is 0 Å². The van der Waals surface area contributed by atoms with E-state index < -0.39 is 0 Å². The number of thioether (sulfide) groups is 1. The van der Waals surface area contributed by atoms with Crippen LogP contribution in [0.3, 0.4) is 0 Å². The quantitative estimate of drug-likeness (QED) is 0.744. The van der Waals surface area contributed by atoms with Gasteiger partial charge in [-0.2, -0.15) is 0 Å². The molecule has 0 aromatic carbocycles. The molecule has 2 nitrogen and oxygen atoms in total. The summed E-state index contributed by atoms with van der Waals surface area (Å²) >= 11 is 1.68. The third kappa shape index (κ3) is 1.67. The van der Waals surface area contributed by atoms with Gasteiger partial charge < -0.3 is 5.32 Å². The highest BCUT2D eigenvalue weighted by atomic mass is 32.2. The lowest BCUT2D eigenvalue weighted by Crippen LogP contribution is -2.07. The Morgan fingerprint density at radius 3 is 3.00 bits per heavy atom. The Kier molecular flexibility index (Phi) is 2.22. The fourth-order valence-corrected chi connectivity index (χ4v) is 1.82. The van der Waals surface area contributed by atoms with Crippen LogP contribution >= 0.6 is 11.8 Å². The number of rotatable bonds is 1. The minimum absolute atomic E-state index is 0.255. The molecule has 68 valence electrons. The van der Waals surface area contributed by atoms with Gasteiger partial charge in [-0.3, -0.25) is 0 Å². The van der Waals surface area contributed by atoms with E-state index in [-0.39, 0.29) is 5.82 Å². The van der Waals surface area contributed by atoms with Crippen molar-refractivity contribution >= 4 is 17.5 Å². The molecule has 0 saturated carbocycles. The molecule has 2 rings (SSSR count). The molecule has 4 heteroatoms. The number of nitrogens with zero attached hydrogens (tertiary/aromatic N) is 1. The average molecular weight is 196 g/mol. The lowest BCUT2D eigenvalue weighted by atomic mass is 10.2. The predicted octanol–water partition coefficient (Wildman–Crippen LogP) is 2.12. The molecule has 1 aliphatic rings. The van der Waals surface area contributed by atoms with Crippen LogP contribution in [0.4, 0.5) is 4.39 Å². The van der Waals surface area contributed by atoms with Gasteiger partial charge in [0, 0.05) is 0 Å². The number of pyridine rings is 1. The molecule has 0 aliphatic carbocycles. The molecule has 1 N–H and O–H groups in total. The van der Waals surface area contributed by atoms with E-state index in [1.165, 1.54) is 6.07 Å². The van der Waals surface area contributed by atoms with Crippen LogP contribution in [0.5, 0.6) is 0 Å². The maximum Gasteiger partial charge on any atom is 0.144 e. The van der Waals surface area contributed by atoms with Crippen molar-refractivity contribution in [2.75, 3.05) is 5.88 Å². The summed E-state index contributed by atoms with van der Waals surface area (Å²) in [5.41, 5.74) is 2.23. The summed E-state index contributed by atoms with van der Waals surface area (Å²) in [6.45, 7) is 1.67. The van der Waals surface area contributed by atoms with Gasteiger partial charge in [-0.1, -0.05) is 0 Å². The smallest absolute Gasteiger partial charge is 0.144 e. The first-order chi connectivity index (χ1) is 6.27. The molecule has 0 unspecified atom stereocenters. The molecule has 2 heterocycles. The van der Waals surface area contributed by atoms with Crippen molar-refractivity contribution in [2.24, 2.45) is 0 Å². The van der Waals surface area contributed by atoms with Crippen molar-refractivity contribution in [1.82, 2.24) is 10.3 Å². The lowest BCUT2D eigenvalue weighted by molar-refractivity contribution is 0.609. The van der Waals surface area contributed by atoms with Crippen LogP contribution in [0.15, 0.2) is 17.5 Å². The first-order valence-corrected chi connectivity index (χ1v) is 5.01. The third-order valence-corrected chi connectivity index (χ3v) is 2.56. The Balaban J connectivity index is 2.36. The van der Waals surface area contributed by atoms with E-state index in [1.54, 1.807) is 24.8 Å². The zero-order valence-corrected chi connectivity index (χ0v) is 7.99. The molecular weight excluding hydrogens is 187 g/mol. The van der Waals surface area contributed by atoms with E-state index in [9.17, 15) is 4.39 Å². The van der Waals surface area contributed by atoms with E-state index in [2.05, 4.69) is 10.3 Å². The molecule has 0 atom stereocenters. The summed E-state index contributed by atoms with van der Waals surface area (Å²) in [6.07, 6.45) is 0. The summed E-state index contributed by atoms with van der Waals surface area (Å²) in [5.74, 6) is 0.614. The highest BCUT2D eigenvalue weighted by molar-refractivity contribution is 8.02. The van der Waals surface area contributed by atoms with Gasteiger partial charge in [-0.25, -0.2) is 9.37 Å². The Labute approximate surface area is 80.3 Å². The van der Waals surface area contributed by atoms with Gasteiger partial charge in [-0.05, 0) is 24.5 Å². The number of hydrogen-bond donors (Lipinski definition) is 1. The molecule has 1 aromatic heterocycles. The van der Waals surface area contributed by atoms with E-state index in [0.29, 0.717) is 5.69 Å². The topological polar surface area (TPSA) is 24.9 Å². The van der Waals surface area contributed by atoms with Crippen LogP contribution in [0.1, 0.15) is 11.4 Å². The molecule has 0 saturated heterocycles. The summed E-state index contributed by atoms with van der Waals surface area (Å²) < 4.78 is 12.9. The summed E-state index contributed by atoms with van der Waals surface area (Å²) in [4.78, 5) is 4.14. The van der Waals surface area contributed by atoms with Gasteiger partial charge >= 0.3 is 0 Å². The fraction of sp³-hybridized carbons (Fsp3) is 0.222. The summed E-state index contributed by atoms with van der Waals surface area (Å²) in [7, 11) is 0. The van der Waals surface area contributed by atoms with Gasteiger partial charge in [0.1, 0.15) is 5.82 Å². The molecule has 0 amide bonds. The number of halogens is 1. The zero-order chi connectivity index (χ0) is 9.26. The van der Waals surface area contributed by atoms with E-state index >= 15 is 0 Å². The predicted molar refractivity (Wildman–Crippen MR) is 52.5 cm³/mol. The van der Waals surface area contributed by atoms with Gasteiger partial charge in [0.05, 0.1) is 23.0 Å². The standard InChI is InChI=1S/C9H9FN2S/c1-6-7(10)2-3-8(12-6)9-4-13-5-11-9/h2-4,11H,5H2,1H3. The SMILES string of the molecule is Cc1nc(C2=CSCN2)ccc1F. The zero-order valence-electron chi connectivity index (χ0n) is 7.17. The molecule has 0 radical (unpaired) electrons. The third-order valence-electron chi connectivity index (χ3n) is 1.84. The van der Waals surface area contributed by atoms with Crippen LogP contribution in [-0.2, 0) is 0 Å². The van der Waals surface area contributed by atoms with E-state index in [1.807, 2.05) is 5.41 Å². The first-order valence-electron chi connectivity index (χ1n) is 3.96. The monoisotopic (exact) mass is 196 g/mol. The Hall–Kier alpha value is -1.03. The van der Waals surface area contributed by atoms with Crippen molar-refractivity contribution in [3.8, 4) is 0 Å². The highest BCUT2D eigenvalue weighted by Crippen LogP contribution is 2.20. The fourth-order valence-electron chi connectivity index (χ4n) is 1.13. The molecule has 0 fully saturated rings. The first kappa shape index (κ1) is 8.56. The minimum atomic E-state index is -0.255. The maximum atomic E-state index is 12.9. The van der Waals surface area contributed by atoms with Gasteiger partial charge in [0.15, 0.2) is 0 Å². The molecule has 13 heavy (non-hydrogen) atoms. The van der Waals surface area contributed by atoms with Gasteiger partial charge in [-0.15, -0.1) is 11.8 Å². The largest absolute Gasteiger partial charge is 0.374 e. The molecule has 0 bridgehead atoms. The number of hydrogen-bond acceptors (Lipinski definition) is 3. The van der Waals surface area contributed by atoms with Crippen molar-refractivity contribution in [3.63, 3.8) is 0 Å². The average Bonchev–Trinajstić information content (AvgIpc) is 2.62. The van der Waals surface area contributed by atoms with Gasteiger partial charge in [0.2, 0.25) is 0 Å². The maximum absolute atomic E-state index is 12.9. The number of aryl methyl sites for hydroxylation is 1. The van der Waals surface area contributed by atoms with Crippen molar-refractivity contribution in [3.05, 3.63) is 34.7 Å². The van der Waals surface area contributed by atoms with Gasteiger partial charge in [0.25, 0.3) is 0 Å². The Morgan fingerprint density at radius 2 is 2.38 bits per heavy atom. The number of nitrogens with one attached hydrogen (secondary N) is 1. The Morgan fingerprint density at radius 1 is 1.54 bits per heavy atom. The molecular formula is C9H9FN2S. The van der Waals surface area contributed by atoms with E-state index in [0.717, 1.165) is 17.3 Å². The summed E-state index contributed by atoms with van der Waals surface area (Å²) in [6, 6.07) is 3.14.